The molecule has 0 radical (unpaired) electrons. The lowest BCUT2D eigenvalue weighted by Crippen LogP contribution is -2.34. The maximum absolute atomic E-state index is 5.54. The molecule has 0 N–H and O–H groups in total. The Morgan fingerprint density at radius 1 is 1.06 bits per heavy atom. The molecule has 0 heterocycles. The summed E-state index contributed by atoms with van der Waals surface area (Å²) in [6.45, 7) is 6.61. The van der Waals surface area contributed by atoms with Gasteiger partial charge in [0.2, 0.25) is 0 Å². The lowest BCUT2D eigenvalue weighted by Gasteiger charge is -2.32. The van der Waals surface area contributed by atoms with Crippen LogP contribution in [-0.2, 0) is 4.74 Å². The van der Waals surface area contributed by atoms with Gasteiger partial charge in [0.25, 0.3) is 0 Å². The summed E-state index contributed by atoms with van der Waals surface area (Å²) in [6, 6.07) is 0. The zero-order valence-electron chi connectivity index (χ0n) is 11.6. The predicted molar refractivity (Wildman–Crippen MR) is 76.4 cm³/mol. The third-order valence-electron chi connectivity index (χ3n) is 3.64. The molecule has 0 aliphatic rings. The van der Waals surface area contributed by atoms with E-state index < -0.39 is 0 Å². The molecule has 0 spiro atoms. The molecule has 1 atom stereocenters. The van der Waals surface area contributed by atoms with Gasteiger partial charge in [0.15, 0.2) is 0 Å². The third kappa shape index (κ3) is 6.80. The fourth-order valence-electron chi connectivity index (χ4n) is 2.00. The van der Waals surface area contributed by atoms with Crippen LogP contribution in [-0.4, -0.2) is 18.5 Å². The summed E-state index contributed by atoms with van der Waals surface area (Å²) in [5.74, 6) is 1.50. The molecule has 0 aromatic heterocycles. The number of thiol groups is 1. The van der Waals surface area contributed by atoms with Gasteiger partial charge in [-0.2, -0.15) is 12.6 Å². The van der Waals surface area contributed by atoms with Crippen molar-refractivity contribution in [3.63, 3.8) is 0 Å². The summed E-state index contributed by atoms with van der Waals surface area (Å²) in [4.78, 5) is 0. The molecular formula is C14H30OS. The summed E-state index contributed by atoms with van der Waals surface area (Å²) >= 11 is 4.44. The maximum atomic E-state index is 5.54. The SMILES string of the molecule is CCCCCCCCC(CS)C(C)(C)OC. The zero-order valence-corrected chi connectivity index (χ0v) is 12.5. The Labute approximate surface area is 108 Å². The highest BCUT2D eigenvalue weighted by atomic mass is 32.1. The van der Waals surface area contributed by atoms with Crippen LogP contribution in [0.2, 0.25) is 0 Å². The van der Waals surface area contributed by atoms with E-state index in [1.54, 1.807) is 7.11 Å². The molecule has 1 nitrogen and oxygen atoms in total. The van der Waals surface area contributed by atoms with E-state index in [-0.39, 0.29) is 5.60 Å². The Morgan fingerprint density at radius 3 is 2.12 bits per heavy atom. The molecule has 0 saturated carbocycles. The first kappa shape index (κ1) is 16.3. The second-order valence-electron chi connectivity index (χ2n) is 5.24. The van der Waals surface area contributed by atoms with Crippen molar-refractivity contribution in [2.24, 2.45) is 5.92 Å². The molecule has 1 unspecified atom stereocenters. The molecule has 0 bridgehead atoms. The first-order chi connectivity index (χ1) is 7.58. The number of rotatable bonds is 10. The smallest absolute Gasteiger partial charge is 0.0658 e. The Morgan fingerprint density at radius 2 is 1.62 bits per heavy atom. The Bertz CT molecular complexity index is 157. The molecule has 16 heavy (non-hydrogen) atoms. The number of hydrogen-bond acceptors (Lipinski definition) is 2. The van der Waals surface area contributed by atoms with E-state index in [4.69, 9.17) is 4.74 Å². The molecule has 0 saturated heterocycles. The Kier molecular flexibility index (Phi) is 9.53. The van der Waals surface area contributed by atoms with Gasteiger partial charge in [0, 0.05) is 7.11 Å². The van der Waals surface area contributed by atoms with Crippen molar-refractivity contribution in [2.75, 3.05) is 12.9 Å². The summed E-state index contributed by atoms with van der Waals surface area (Å²) < 4.78 is 5.54. The maximum Gasteiger partial charge on any atom is 0.0658 e. The van der Waals surface area contributed by atoms with Crippen LogP contribution in [0.15, 0.2) is 0 Å². The van der Waals surface area contributed by atoms with Gasteiger partial charge in [0.1, 0.15) is 0 Å². The number of ether oxygens (including phenoxy) is 1. The standard InChI is InChI=1S/C14H30OS/c1-5-6-7-8-9-10-11-13(12-16)14(2,3)15-4/h13,16H,5-12H2,1-4H3. The summed E-state index contributed by atoms with van der Waals surface area (Å²) in [6.07, 6.45) is 9.44. The zero-order chi connectivity index (χ0) is 12.4. The highest BCUT2D eigenvalue weighted by Gasteiger charge is 2.27. The summed E-state index contributed by atoms with van der Waals surface area (Å²) in [5.41, 5.74) is -0.0227. The molecule has 98 valence electrons. The molecule has 0 aromatic carbocycles. The van der Waals surface area contributed by atoms with Gasteiger partial charge >= 0.3 is 0 Å². The second kappa shape index (κ2) is 9.35. The van der Waals surface area contributed by atoms with Crippen LogP contribution in [0.4, 0.5) is 0 Å². The molecule has 2 heteroatoms. The van der Waals surface area contributed by atoms with Crippen LogP contribution in [0, 0.1) is 5.92 Å². The minimum Gasteiger partial charge on any atom is -0.378 e. The first-order valence-electron chi connectivity index (χ1n) is 6.74. The molecule has 0 fully saturated rings. The Balaban J connectivity index is 3.64. The van der Waals surface area contributed by atoms with E-state index >= 15 is 0 Å². The molecule has 0 rings (SSSR count). The van der Waals surface area contributed by atoms with Crippen LogP contribution in [0.3, 0.4) is 0 Å². The highest BCUT2D eigenvalue weighted by molar-refractivity contribution is 7.80. The van der Waals surface area contributed by atoms with Crippen LogP contribution < -0.4 is 0 Å². The van der Waals surface area contributed by atoms with Gasteiger partial charge in [-0.3, -0.25) is 0 Å². The average Bonchev–Trinajstić information content (AvgIpc) is 2.28. The van der Waals surface area contributed by atoms with Crippen molar-refractivity contribution in [1.82, 2.24) is 0 Å². The number of methoxy groups -OCH3 is 1. The van der Waals surface area contributed by atoms with Crippen LogP contribution >= 0.6 is 12.6 Å². The fourth-order valence-corrected chi connectivity index (χ4v) is 2.62. The van der Waals surface area contributed by atoms with Crippen molar-refractivity contribution in [1.29, 1.82) is 0 Å². The van der Waals surface area contributed by atoms with E-state index in [1.807, 2.05) is 0 Å². The van der Waals surface area contributed by atoms with Crippen molar-refractivity contribution >= 4 is 12.6 Å². The van der Waals surface area contributed by atoms with Crippen LogP contribution in [0.25, 0.3) is 0 Å². The van der Waals surface area contributed by atoms with Crippen molar-refractivity contribution in [3.8, 4) is 0 Å². The normalized spacial score (nSPS) is 14.1. The fraction of sp³-hybridized carbons (Fsp3) is 1.00. The Hall–Kier alpha value is 0.310. The van der Waals surface area contributed by atoms with Crippen LogP contribution in [0.1, 0.15) is 65.7 Å². The van der Waals surface area contributed by atoms with Gasteiger partial charge in [-0.1, -0.05) is 45.4 Å². The molecule has 0 aromatic rings. The lowest BCUT2D eigenvalue weighted by atomic mass is 9.87. The lowest BCUT2D eigenvalue weighted by molar-refractivity contribution is -0.0233. The highest BCUT2D eigenvalue weighted by Crippen LogP contribution is 2.27. The van der Waals surface area contributed by atoms with Gasteiger partial charge in [-0.05, 0) is 31.9 Å². The monoisotopic (exact) mass is 246 g/mol. The van der Waals surface area contributed by atoms with E-state index in [1.165, 1.54) is 44.9 Å². The molecule has 0 aliphatic carbocycles. The predicted octanol–water partition coefficient (Wildman–Crippen LogP) is 4.71. The quantitative estimate of drug-likeness (QED) is 0.434. The molecular weight excluding hydrogens is 216 g/mol. The third-order valence-corrected chi connectivity index (χ3v) is 4.08. The first-order valence-corrected chi connectivity index (χ1v) is 7.37. The summed E-state index contributed by atoms with van der Waals surface area (Å²) in [5, 5.41) is 0. The van der Waals surface area contributed by atoms with Crippen molar-refractivity contribution in [3.05, 3.63) is 0 Å². The second-order valence-corrected chi connectivity index (χ2v) is 5.61. The van der Waals surface area contributed by atoms with Crippen molar-refractivity contribution in [2.45, 2.75) is 71.3 Å². The van der Waals surface area contributed by atoms with Crippen LogP contribution in [0.5, 0.6) is 0 Å². The minimum atomic E-state index is -0.0227. The van der Waals surface area contributed by atoms with Crippen molar-refractivity contribution < 1.29 is 4.74 Å². The van der Waals surface area contributed by atoms with E-state index in [0.29, 0.717) is 5.92 Å². The molecule has 0 amide bonds. The number of unbranched alkanes of at least 4 members (excludes halogenated alkanes) is 5. The topological polar surface area (TPSA) is 9.23 Å². The van der Waals surface area contributed by atoms with Gasteiger partial charge < -0.3 is 4.74 Å². The number of hydrogen-bond donors (Lipinski definition) is 1. The minimum absolute atomic E-state index is 0.0227. The average molecular weight is 246 g/mol. The van der Waals surface area contributed by atoms with Gasteiger partial charge in [-0.15, -0.1) is 0 Å². The largest absolute Gasteiger partial charge is 0.378 e. The molecule has 0 aliphatic heterocycles. The van der Waals surface area contributed by atoms with E-state index in [9.17, 15) is 0 Å². The van der Waals surface area contributed by atoms with Gasteiger partial charge in [0.05, 0.1) is 5.60 Å². The van der Waals surface area contributed by atoms with E-state index in [0.717, 1.165) is 5.75 Å². The van der Waals surface area contributed by atoms with Gasteiger partial charge in [-0.25, -0.2) is 0 Å². The summed E-state index contributed by atoms with van der Waals surface area (Å²) in [7, 11) is 1.80. The van der Waals surface area contributed by atoms with E-state index in [2.05, 4.69) is 33.4 Å².